The van der Waals surface area contributed by atoms with Crippen molar-refractivity contribution in [2.45, 2.75) is 30.2 Å². The zero-order valence-corrected chi connectivity index (χ0v) is 9.96. The molecule has 5 nitrogen and oxygen atoms in total. The lowest BCUT2D eigenvalue weighted by atomic mass is 10.2. The van der Waals surface area contributed by atoms with Crippen LogP contribution in [0.1, 0.15) is 0 Å². The van der Waals surface area contributed by atoms with Crippen LogP contribution in [0.4, 0.5) is 53.1 Å². The molecule has 0 aromatic carbocycles. The summed E-state index contributed by atoms with van der Waals surface area (Å²) < 4.78 is 137. The SMILES string of the molecule is NC(=O)NC(=O)[C@@](F)(OC(F)(F)C(F)(F)C(F)(F)F)C(F)(F)F. The quantitative estimate of drug-likeness (QED) is 0.743. The fraction of sp³-hybridized carbons (Fsp3) is 0.714. The molecule has 3 amide bonds. The van der Waals surface area contributed by atoms with Crippen LogP contribution >= 0.6 is 0 Å². The maximum Gasteiger partial charge on any atom is 0.462 e. The molecule has 0 rings (SSSR count). The number of amides is 3. The number of halogens is 11. The minimum Gasteiger partial charge on any atom is -0.351 e. The lowest BCUT2D eigenvalue weighted by Crippen LogP contribution is -2.64. The Bertz CT molecular complexity index is 485. The number of nitrogens with one attached hydrogen (secondary N) is 1. The standard InChI is InChI=1S/C7H3F11N2O3/c8-3(5(11,12)13,1(21)20-2(19)22)23-7(17,18)4(9,10)6(14,15)16/h(H3,19,20,21,22)/t3-/m1/s1. The Balaban J connectivity index is 5.92. The molecule has 16 heteroatoms. The van der Waals surface area contributed by atoms with Crippen LogP contribution < -0.4 is 11.1 Å². The van der Waals surface area contributed by atoms with E-state index in [0.717, 1.165) is 0 Å². The van der Waals surface area contributed by atoms with E-state index >= 15 is 0 Å². The van der Waals surface area contributed by atoms with Crippen LogP contribution in [0.25, 0.3) is 0 Å². The van der Waals surface area contributed by atoms with Gasteiger partial charge in [0, 0.05) is 0 Å². The van der Waals surface area contributed by atoms with Gasteiger partial charge in [0.15, 0.2) is 0 Å². The lowest BCUT2D eigenvalue weighted by molar-refractivity contribution is -0.472. The highest BCUT2D eigenvalue weighted by atomic mass is 19.4. The number of ether oxygens (including phenoxy) is 1. The molecule has 0 heterocycles. The summed E-state index contributed by atoms with van der Waals surface area (Å²) >= 11 is 0. The van der Waals surface area contributed by atoms with Crippen LogP contribution in [-0.4, -0.2) is 42.2 Å². The maximum absolute atomic E-state index is 13.3. The topological polar surface area (TPSA) is 81.4 Å². The molecule has 0 aromatic rings. The van der Waals surface area contributed by atoms with E-state index in [1.165, 1.54) is 0 Å². The largest absolute Gasteiger partial charge is 0.462 e. The highest BCUT2D eigenvalue weighted by molar-refractivity contribution is 5.97. The molecular weight excluding hydrogens is 369 g/mol. The summed E-state index contributed by atoms with van der Waals surface area (Å²) in [7, 11) is 0. The van der Waals surface area contributed by atoms with Gasteiger partial charge < -0.3 is 5.73 Å². The van der Waals surface area contributed by atoms with Gasteiger partial charge in [0.25, 0.3) is 0 Å². The highest BCUT2D eigenvalue weighted by Gasteiger charge is 2.79. The minimum absolute atomic E-state index is 0.223. The Morgan fingerprint density at radius 3 is 1.43 bits per heavy atom. The molecule has 0 aliphatic carbocycles. The number of hydrogen-bond acceptors (Lipinski definition) is 3. The fourth-order valence-electron chi connectivity index (χ4n) is 0.831. The molecule has 0 aliphatic rings. The molecule has 0 unspecified atom stereocenters. The Morgan fingerprint density at radius 1 is 0.783 bits per heavy atom. The summed E-state index contributed by atoms with van der Waals surface area (Å²) in [5, 5.41) is 0.223. The average Bonchev–Trinajstić information content (AvgIpc) is 2.23. The van der Waals surface area contributed by atoms with E-state index in [0.29, 0.717) is 0 Å². The van der Waals surface area contributed by atoms with Gasteiger partial charge in [-0.1, -0.05) is 0 Å². The van der Waals surface area contributed by atoms with Gasteiger partial charge in [-0.2, -0.15) is 48.3 Å². The average molecular weight is 372 g/mol. The summed E-state index contributed by atoms with van der Waals surface area (Å²) in [6.45, 7) is 0. The summed E-state index contributed by atoms with van der Waals surface area (Å²) in [5.74, 6) is -17.2. The van der Waals surface area contributed by atoms with E-state index in [1.54, 1.807) is 0 Å². The van der Waals surface area contributed by atoms with Crippen molar-refractivity contribution in [3.63, 3.8) is 0 Å². The second kappa shape index (κ2) is 5.64. The van der Waals surface area contributed by atoms with E-state index in [2.05, 4.69) is 5.73 Å². The van der Waals surface area contributed by atoms with Gasteiger partial charge in [-0.3, -0.25) is 14.8 Å². The summed E-state index contributed by atoms with van der Waals surface area (Å²) in [5.41, 5.74) is 4.08. The zero-order valence-electron chi connectivity index (χ0n) is 9.96. The Morgan fingerprint density at radius 2 is 1.17 bits per heavy atom. The first-order chi connectivity index (χ1) is 9.79. The fourth-order valence-corrected chi connectivity index (χ4v) is 0.831. The van der Waals surface area contributed by atoms with Crippen LogP contribution in [0, 0.1) is 0 Å². The number of rotatable bonds is 4. The number of alkyl halides is 11. The minimum atomic E-state index is -7.31. The van der Waals surface area contributed by atoms with Gasteiger partial charge in [0.2, 0.25) is 0 Å². The zero-order chi connectivity index (χ0) is 19.1. The van der Waals surface area contributed by atoms with Crippen molar-refractivity contribution >= 4 is 11.9 Å². The highest BCUT2D eigenvalue weighted by Crippen LogP contribution is 2.50. The van der Waals surface area contributed by atoms with E-state index in [1.807, 2.05) is 4.74 Å². The van der Waals surface area contributed by atoms with Gasteiger partial charge in [-0.25, -0.2) is 4.79 Å². The summed E-state index contributed by atoms with van der Waals surface area (Å²) in [6, 6.07) is -2.27. The van der Waals surface area contributed by atoms with E-state index in [-0.39, 0.29) is 5.32 Å². The third-order valence-electron chi connectivity index (χ3n) is 1.88. The Kier molecular flexibility index (Phi) is 5.18. The molecule has 0 fully saturated rings. The molecule has 1 atom stereocenters. The number of carbonyl (C=O) groups is 2. The maximum atomic E-state index is 13.3. The van der Waals surface area contributed by atoms with Gasteiger partial charge in [-0.05, 0) is 0 Å². The van der Waals surface area contributed by atoms with Crippen molar-refractivity contribution in [1.29, 1.82) is 0 Å². The van der Waals surface area contributed by atoms with Crippen molar-refractivity contribution in [1.82, 2.24) is 5.32 Å². The third kappa shape index (κ3) is 3.91. The van der Waals surface area contributed by atoms with Gasteiger partial charge >= 0.3 is 42.2 Å². The van der Waals surface area contributed by atoms with Crippen molar-refractivity contribution in [2.75, 3.05) is 0 Å². The van der Waals surface area contributed by atoms with Crippen LogP contribution in [0.2, 0.25) is 0 Å². The van der Waals surface area contributed by atoms with Crippen LogP contribution in [0.3, 0.4) is 0 Å². The first kappa shape index (κ1) is 21.1. The molecule has 3 N–H and O–H groups in total. The first-order valence-corrected chi connectivity index (χ1v) is 4.68. The second-order valence-electron chi connectivity index (χ2n) is 3.60. The third-order valence-corrected chi connectivity index (χ3v) is 1.88. The molecule has 0 bridgehead atoms. The molecule has 0 spiro atoms. The first-order valence-electron chi connectivity index (χ1n) is 4.68. The van der Waals surface area contributed by atoms with Crippen LogP contribution in [0.5, 0.6) is 0 Å². The monoisotopic (exact) mass is 372 g/mol. The predicted octanol–water partition coefficient (Wildman–Crippen LogP) is 2.22. The smallest absolute Gasteiger partial charge is 0.351 e. The van der Waals surface area contributed by atoms with Crippen LogP contribution in [-0.2, 0) is 9.53 Å². The molecule has 0 aromatic heterocycles. The predicted molar refractivity (Wildman–Crippen MR) is 44.7 cm³/mol. The Hall–Kier alpha value is -1.87. The molecule has 0 aliphatic heterocycles. The van der Waals surface area contributed by atoms with Gasteiger partial charge in [-0.15, -0.1) is 0 Å². The van der Waals surface area contributed by atoms with Crippen molar-refractivity contribution in [3.05, 3.63) is 0 Å². The van der Waals surface area contributed by atoms with Crippen molar-refractivity contribution in [2.24, 2.45) is 5.73 Å². The summed E-state index contributed by atoms with van der Waals surface area (Å²) in [6.07, 6.45) is -21.2. The number of hydrogen-bond donors (Lipinski definition) is 2. The second-order valence-corrected chi connectivity index (χ2v) is 3.60. The summed E-state index contributed by atoms with van der Waals surface area (Å²) in [4.78, 5) is 20.8. The van der Waals surface area contributed by atoms with E-state index in [9.17, 15) is 57.9 Å². The lowest BCUT2D eigenvalue weighted by Gasteiger charge is -2.33. The number of nitrogens with two attached hydrogens (primary N) is 1. The van der Waals surface area contributed by atoms with Gasteiger partial charge in [0.1, 0.15) is 0 Å². The van der Waals surface area contributed by atoms with E-state index < -0.39 is 42.2 Å². The number of imide groups is 1. The molecule has 0 saturated carbocycles. The number of carbonyl (C=O) groups excluding carboxylic acids is 2. The van der Waals surface area contributed by atoms with E-state index in [4.69, 9.17) is 0 Å². The van der Waals surface area contributed by atoms with Crippen molar-refractivity contribution < 1.29 is 62.6 Å². The molecule has 136 valence electrons. The normalized spacial score (nSPS) is 16.7. The van der Waals surface area contributed by atoms with Gasteiger partial charge in [0.05, 0.1) is 0 Å². The number of primary amides is 1. The van der Waals surface area contributed by atoms with Crippen LogP contribution in [0.15, 0.2) is 0 Å². The molecule has 0 radical (unpaired) electrons. The number of urea groups is 1. The van der Waals surface area contributed by atoms with Crippen molar-refractivity contribution in [3.8, 4) is 0 Å². The molecule has 23 heavy (non-hydrogen) atoms. The Labute approximate surface area is 117 Å². The molecule has 0 saturated heterocycles. The molecular formula is C7H3F11N2O3.